The molecule has 0 saturated heterocycles. The second kappa shape index (κ2) is 3.15. The molecule has 1 aliphatic carbocycles. The van der Waals surface area contributed by atoms with Crippen molar-refractivity contribution in [1.82, 2.24) is 5.32 Å². The minimum atomic E-state index is 0.445. The Bertz CT molecular complexity index is 78.4. The van der Waals surface area contributed by atoms with Gasteiger partial charge in [-0.15, -0.1) is 0 Å². The van der Waals surface area contributed by atoms with Crippen molar-refractivity contribution >= 4 is 0 Å². The first-order chi connectivity index (χ1) is 4.33. The molecule has 1 rings (SSSR count). The fourth-order valence-corrected chi connectivity index (χ4v) is 1.12. The summed E-state index contributed by atoms with van der Waals surface area (Å²) in [5.41, 5.74) is 10.9. The van der Waals surface area contributed by atoms with Gasteiger partial charge in [-0.1, -0.05) is 0 Å². The van der Waals surface area contributed by atoms with E-state index in [1.54, 1.807) is 0 Å². The maximum atomic E-state index is 5.57. The largest absolute Gasteiger partial charge is 0.329 e. The zero-order valence-corrected chi connectivity index (χ0v) is 5.64. The van der Waals surface area contributed by atoms with Gasteiger partial charge in [-0.05, 0) is 12.8 Å². The summed E-state index contributed by atoms with van der Waals surface area (Å²) in [5, 5.41) is 3.29. The smallest absolute Gasteiger partial charge is 0.00970 e. The lowest BCUT2D eigenvalue weighted by Crippen LogP contribution is -2.49. The third-order valence-corrected chi connectivity index (χ3v) is 1.75. The van der Waals surface area contributed by atoms with Crippen LogP contribution in [0, 0.1) is 0 Å². The van der Waals surface area contributed by atoms with Crippen LogP contribution in [0.3, 0.4) is 0 Å². The summed E-state index contributed by atoms with van der Waals surface area (Å²) in [5.74, 6) is 0. The summed E-state index contributed by atoms with van der Waals surface area (Å²) >= 11 is 0. The van der Waals surface area contributed by atoms with Gasteiger partial charge in [0.2, 0.25) is 0 Å². The lowest BCUT2D eigenvalue weighted by atomic mass is 9.88. The monoisotopic (exact) mass is 129 g/mol. The lowest BCUT2D eigenvalue weighted by molar-refractivity contribution is 0.295. The highest BCUT2D eigenvalue weighted by molar-refractivity contribution is 4.87. The number of rotatable bonds is 3. The van der Waals surface area contributed by atoms with Gasteiger partial charge in [-0.2, -0.15) is 0 Å². The molecule has 0 aromatic heterocycles. The lowest BCUT2D eigenvalue weighted by Gasteiger charge is -2.33. The molecule has 0 spiro atoms. The van der Waals surface area contributed by atoms with Gasteiger partial charge in [0.1, 0.15) is 0 Å². The van der Waals surface area contributed by atoms with Gasteiger partial charge in [0.15, 0.2) is 0 Å². The molecule has 54 valence electrons. The van der Waals surface area contributed by atoms with Crippen molar-refractivity contribution in [2.24, 2.45) is 11.5 Å². The van der Waals surface area contributed by atoms with E-state index in [1.165, 1.54) is 0 Å². The fourth-order valence-electron chi connectivity index (χ4n) is 1.12. The van der Waals surface area contributed by atoms with Crippen molar-refractivity contribution in [2.45, 2.75) is 24.9 Å². The highest BCUT2D eigenvalue weighted by Gasteiger charge is 2.24. The van der Waals surface area contributed by atoms with Crippen molar-refractivity contribution in [1.29, 1.82) is 0 Å². The molecule has 1 fully saturated rings. The van der Waals surface area contributed by atoms with Gasteiger partial charge >= 0.3 is 0 Å². The van der Waals surface area contributed by atoms with Gasteiger partial charge < -0.3 is 16.8 Å². The van der Waals surface area contributed by atoms with Crippen molar-refractivity contribution in [3.63, 3.8) is 0 Å². The van der Waals surface area contributed by atoms with Crippen LogP contribution in [0.2, 0.25) is 0 Å². The van der Waals surface area contributed by atoms with E-state index in [9.17, 15) is 0 Å². The topological polar surface area (TPSA) is 64.1 Å². The molecule has 0 aromatic carbocycles. The first kappa shape index (κ1) is 6.99. The van der Waals surface area contributed by atoms with Crippen LogP contribution in [0.1, 0.15) is 12.8 Å². The highest BCUT2D eigenvalue weighted by Crippen LogP contribution is 2.16. The van der Waals surface area contributed by atoms with E-state index in [2.05, 4.69) is 5.32 Å². The van der Waals surface area contributed by atoms with Crippen LogP contribution in [0.15, 0.2) is 0 Å². The number of hydrogen-bond donors (Lipinski definition) is 3. The van der Waals surface area contributed by atoms with Gasteiger partial charge in [-0.25, -0.2) is 0 Å². The highest BCUT2D eigenvalue weighted by atomic mass is 15.0. The normalized spacial score (nSPS) is 34.0. The van der Waals surface area contributed by atoms with Crippen LogP contribution < -0.4 is 16.8 Å². The minimum Gasteiger partial charge on any atom is -0.329 e. The Morgan fingerprint density at radius 3 is 2.56 bits per heavy atom. The fraction of sp³-hybridized carbons (Fsp3) is 1.00. The van der Waals surface area contributed by atoms with E-state index in [0.717, 1.165) is 25.9 Å². The molecular formula is C6H15N3. The average molecular weight is 129 g/mol. The Balaban J connectivity index is 1.91. The SMILES string of the molecule is NCCNC1CC(N)C1. The van der Waals surface area contributed by atoms with Crippen molar-refractivity contribution in [3.8, 4) is 0 Å². The molecule has 0 aliphatic heterocycles. The standard InChI is InChI=1S/C6H15N3/c7-1-2-9-6-3-5(8)4-6/h5-6,9H,1-4,7-8H2. The number of hydrogen-bond acceptors (Lipinski definition) is 3. The van der Waals surface area contributed by atoms with E-state index in [-0.39, 0.29) is 0 Å². The molecule has 0 aromatic rings. The molecule has 3 heteroatoms. The summed E-state index contributed by atoms with van der Waals surface area (Å²) in [6.07, 6.45) is 2.25. The van der Waals surface area contributed by atoms with Crippen LogP contribution >= 0.6 is 0 Å². The maximum Gasteiger partial charge on any atom is 0.00970 e. The summed E-state index contributed by atoms with van der Waals surface area (Å²) in [4.78, 5) is 0. The molecule has 3 nitrogen and oxygen atoms in total. The summed E-state index contributed by atoms with van der Waals surface area (Å²) in [7, 11) is 0. The molecule has 0 radical (unpaired) electrons. The van der Waals surface area contributed by atoms with Crippen molar-refractivity contribution in [2.75, 3.05) is 13.1 Å². The Labute approximate surface area is 55.8 Å². The van der Waals surface area contributed by atoms with E-state index < -0.39 is 0 Å². The van der Waals surface area contributed by atoms with Crippen LogP contribution in [-0.4, -0.2) is 25.2 Å². The summed E-state index contributed by atoms with van der Waals surface area (Å²) < 4.78 is 0. The van der Waals surface area contributed by atoms with Crippen molar-refractivity contribution < 1.29 is 0 Å². The molecule has 0 heterocycles. The van der Waals surface area contributed by atoms with Crippen LogP contribution in [0.4, 0.5) is 0 Å². The molecule has 0 amide bonds. The quantitative estimate of drug-likeness (QED) is 0.459. The Hall–Kier alpha value is -0.120. The van der Waals surface area contributed by atoms with Gasteiger partial charge in [-0.3, -0.25) is 0 Å². The van der Waals surface area contributed by atoms with E-state index >= 15 is 0 Å². The van der Waals surface area contributed by atoms with E-state index in [1.807, 2.05) is 0 Å². The molecule has 0 unspecified atom stereocenters. The van der Waals surface area contributed by atoms with E-state index in [0.29, 0.717) is 12.1 Å². The molecule has 0 bridgehead atoms. The third kappa shape index (κ3) is 1.93. The number of nitrogens with two attached hydrogens (primary N) is 2. The predicted molar refractivity (Wildman–Crippen MR) is 38.1 cm³/mol. The Morgan fingerprint density at radius 1 is 1.44 bits per heavy atom. The second-order valence-corrected chi connectivity index (χ2v) is 2.67. The Kier molecular flexibility index (Phi) is 2.45. The molecular weight excluding hydrogens is 114 g/mol. The average Bonchev–Trinajstić information content (AvgIpc) is 1.78. The maximum absolute atomic E-state index is 5.57. The number of nitrogens with one attached hydrogen (secondary N) is 1. The summed E-state index contributed by atoms with van der Waals surface area (Å²) in [6, 6.07) is 1.10. The zero-order chi connectivity index (χ0) is 6.69. The Morgan fingerprint density at radius 2 is 2.11 bits per heavy atom. The first-order valence-corrected chi connectivity index (χ1v) is 3.52. The molecule has 0 atom stereocenters. The van der Waals surface area contributed by atoms with Crippen molar-refractivity contribution in [3.05, 3.63) is 0 Å². The van der Waals surface area contributed by atoms with Crippen LogP contribution in [0.5, 0.6) is 0 Å². The van der Waals surface area contributed by atoms with Gasteiger partial charge in [0, 0.05) is 25.2 Å². The molecule has 9 heavy (non-hydrogen) atoms. The second-order valence-electron chi connectivity index (χ2n) is 2.67. The first-order valence-electron chi connectivity index (χ1n) is 3.52. The zero-order valence-electron chi connectivity index (χ0n) is 5.64. The van der Waals surface area contributed by atoms with E-state index in [4.69, 9.17) is 11.5 Å². The molecule has 5 N–H and O–H groups in total. The van der Waals surface area contributed by atoms with Gasteiger partial charge in [0.05, 0.1) is 0 Å². The van der Waals surface area contributed by atoms with Gasteiger partial charge in [0.25, 0.3) is 0 Å². The third-order valence-electron chi connectivity index (χ3n) is 1.75. The molecule has 1 saturated carbocycles. The van der Waals surface area contributed by atoms with Crippen LogP contribution in [-0.2, 0) is 0 Å². The predicted octanol–water partition coefficient (Wildman–Crippen LogP) is -0.976. The van der Waals surface area contributed by atoms with Crippen LogP contribution in [0.25, 0.3) is 0 Å². The molecule has 1 aliphatic rings. The minimum absolute atomic E-state index is 0.445. The summed E-state index contributed by atoms with van der Waals surface area (Å²) in [6.45, 7) is 1.66.